The minimum atomic E-state index is -3.38. The van der Waals surface area contributed by atoms with Crippen molar-refractivity contribution in [2.45, 2.75) is 90.1 Å². The van der Waals surface area contributed by atoms with Crippen molar-refractivity contribution in [2.24, 2.45) is 0 Å². The van der Waals surface area contributed by atoms with Gasteiger partial charge in [0.1, 0.15) is 0 Å². The molecule has 0 unspecified atom stereocenters. The molecule has 0 aromatic rings. The molecule has 0 heterocycles. The zero-order chi connectivity index (χ0) is 14.4. The van der Waals surface area contributed by atoms with E-state index >= 15 is 0 Å². The van der Waals surface area contributed by atoms with Crippen molar-refractivity contribution in [3.05, 3.63) is 0 Å². The first-order valence-electron chi connectivity index (χ1n) is 7.66. The highest BCUT2D eigenvalue weighted by Gasteiger charge is 2.26. The smallest absolute Gasteiger partial charge is 0.199 e. The lowest BCUT2D eigenvalue weighted by atomic mass is 9.96. The highest BCUT2D eigenvalue weighted by atomic mass is 32.2. The molecule has 1 fully saturated rings. The molecule has 1 aliphatic carbocycles. The van der Waals surface area contributed by atoms with Gasteiger partial charge in [0.15, 0.2) is 0 Å². The second kappa shape index (κ2) is 7.60. The van der Waals surface area contributed by atoms with Crippen LogP contribution in [0.4, 0.5) is 0 Å². The van der Waals surface area contributed by atoms with E-state index in [1.165, 1.54) is 6.42 Å². The summed E-state index contributed by atoms with van der Waals surface area (Å²) in [5.74, 6) is 0. The maximum absolute atomic E-state index is 12.1. The summed E-state index contributed by atoms with van der Waals surface area (Å²) >= 11 is 0. The number of hydrogen-bond donors (Lipinski definition) is 2. The van der Waals surface area contributed by atoms with Crippen LogP contribution in [0.3, 0.4) is 0 Å². The molecular weight excluding hydrogens is 260 g/mol. The fourth-order valence-electron chi connectivity index (χ4n) is 2.70. The molecule has 1 saturated carbocycles. The van der Waals surface area contributed by atoms with Gasteiger partial charge < -0.3 is 0 Å². The van der Waals surface area contributed by atoms with Gasteiger partial charge in [-0.25, -0.2) is 0 Å². The predicted octanol–water partition coefficient (Wildman–Crippen LogP) is 3.10. The van der Waals surface area contributed by atoms with Crippen LogP contribution in [0, 0.1) is 0 Å². The molecule has 0 bridgehead atoms. The number of unbranched alkanes of at least 4 members (excludes halogenated alkanes) is 2. The summed E-state index contributed by atoms with van der Waals surface area (Å²) in [7, 11) is -3.38. The molecule has 114 valence electrons. The maximum Gasteiger partial charge on any atom is 0.277 e. The molecule has 0 saturated heterocycles. The van der Waals surface area contributed by atoms with Gasteiger partial charge in [-0.2, -0.15) is 17.9 Å². The Hall–Kier alpha value is -0.130. The topological polar surface area (TPSA) is 58.2 Å². The summed E-state index contributed by atoms with van der Waals surface area (Å²) in [6.07, 6.45) is 9.69. The average molecular weight is 290 g/mol. The van der Waals surface area contributed by atoms with Crippen LogP contribution in [0.25, 0.3) is 0 Å². The van der Waals surface area contributed by atoms with E-state index in [1.54, 1.807) is 0 Å². The van der Waals surface area contributed by atoms with E-state index in [9.17, 15) is 8.42 Å². The summed E-state index contributed by atoms with van der Waals surface area (Å²) < 4.78 is 29.9. The van der Waals surface area contributed by atoms with Crippen LogP contribution < -0.4 is 9.44 Å². The van der Waals surface area contributed by atoms with Crippen LogP contribution in [0.5, 0.6) is 0 Å². The molecule has 1 aliphatic rings. The molecule has 0 spiro atoms. The lowest BCUT2D eigenvalue weighted by Gasteiger charge is -2.29. The maximum atomic E-state index is 12.1. The van der Waals surface area contributed by atoms with Crippen LogP contribution in [-0.4, -0.2) is 20.0 Å². The van der Waals surface area contributed by atoms with E-state index in [2.05, 4.69) is 16.4 Å². The first-order chi connectivity index (χ1) is 8.85. The minimum Gasteiger partial charge on any atom is -0.199 e. The fraction of sp³-hybridized carbons (Fsp3) is 1.00. The fourth-order valence-corrected chi connectivity index (χ4v) is 4.26. The minimum absolute atomic E-state index is 0.123. The molecule has 0 radical (unpaired) electrons. The molecule has 4 nitrogen and oxygen atoms in total. The Labute approximate surface area is 118 Å². The summed E-state index contributed by atoms with van der Waals surface area (Å²) in [5, 5.41) is 0. The van der Waals surface area contributed by atoms with Gasteiger partial charge in [-0.05, 0) is 33.1 Å². The predicted molar refractivity (Wildman–Crippen MR) is 80.3 cm³/mol. The van der Waals surface area contributed by atoms with Gasteiger partial charge in [0, 0.05) is 11.6 Å². The third-order valence-corrected chi connectivity index (χ3v) is 5.21. The lowest BCUT2D eigenvalue weighted by Crippen LogP contribution is -2.51. The summed E-state index contributed by atoms with van der Waals surface area (Å²) in [5.41, 5.74) is -0.365. The Morgan fingerprint density at radius 1 is 1.11 bits per heavy atom. The van der Waals surface area contributed by atoms with Crippen molar-refractivity contribution in [2.75, 3.05) is 0 Å². The lowest BCUT2D eigenvalue weighted by molar-refractivity contribution is 0.382. The van der Waals surface area contributed by atoms with Gasteiger partial charge in [-0.15, -0.1) is 0 Å². The van der Waals surface area contributed by atoms with Crippen LogP contribution >= 0.6 is 0 Å². The molecule has 19 heavy (non-hydrogen) atoms. The van der Waals surface area contributed by atoms with Crippen molar-refractivity contribution < 1.29 is 8.42 Å². The Morgan fingerprint density at radius 2 is 1.74 bits per heavy atom. The van der Waals surface area contributed by atoms with Crippen molar-refractivity contribution in [3.8, 4) is 0 Å². The second-order valence-corrected chi connectivity index (χ2v) is 7.85. The van der Waals surface area contributed by atoms with E-state index in [0.29, 0.717) is 0 Å². The zero-order valence-corrected chi connectivity index (χ0v) is 13.5. The highest BCUT2D eigenvalue weighted by molar-refractivity contribution is 7.87. The Bertz CT molecular complexity index is 346. The van der Waals surface area contributed by atoms with Crippen molar-refractivity contribution in [1.29, 1.82) is 0 Å². The van der Waals surface area contributed by atoms with Crippen molar-refractivity contribution in [1.82, 2.24) is 9.44 Å². The van der Waals surface area contributed by atoms with E-state index in [0.717, 1.165) is 51.4 Å². The first-order valence-corrected chi connectivity index (χ1v) is 9.14. The quantitative estimate of drug-likeness (QED) is 0.675. The molecule has 2 N–H and O–H groups in total. The van der Waals surface area contributed by atoms with E-state index < -0.39 is 10.2 Å². The SMILES string of the molecule is CCCCCC(C)(C)NS(=O)(=O)NC1CCCCC1. The van der Waals surface area contributed by atoms with Crippen LogP contribution in [0.1, 0.15) is 78.6 Å². The molecule has 0 atom stereocenters. The van der Waals surface area contributed by atoms with Gasteiger partial charge in [0.05, 0.1) is 0 Å². The Kier molecular flexibility index (Phi) is 6.77. The normalized spacial score (nSPS) is 18.7. The monoisotopic (exact) mass is 290 g/mol. The van der Waals surface area contributed by atoms with Crippen LogP contribution in [-0.2, 0) is 10.2 Å². The number of nitrogens with one attached hydrogen (secondary N) is 2. The summed E-state index contributed by atoms with van der Waals surface area (Å²) in [6.45, 7) is 6.08. The van der Waals surface area contributed by atoms with Gasteiger partial charge in [-0.1, -0.05) is 45.4 Å². The largest absolute Gasteiger partial charge is 0.277 e. The molecule has 0 aromatic heterocycles. The van der Waals surface area contributed by atoms with Gasteiger partial charge in [0.25, 0.3) is 10.2 Å². The Balaban J connectivity index is 2.43. The van der Waals surface area contributed by atoms with Crippen LogP contribution in [0.2, 0.25) is 0 Å². The standard InChI is InChI=1S/C14H30N2O2S/c1-4-5-9-12-14(2,3)16-19(17,18)15-13-10-7-6-8-11-13/h13,15-16H,4-12H2,1-3H3. The summed E-state index contributed by atoms with van der Waals surface area (Å²) in [6, 6.07) is 0.123. The van der Waals surface area contributed by atoms with E-state index in [1.807, 2.05) is 13.8 Å². The zero-order valence-electron chi connectivity index (χ0n) is 12.7. The van der Waals surface area contributed by atoms with Crippen molar-refractivity contribution >= 4 is 10.2 Å². The highest BCUT2D eigenvalue weighted by Crippen LogP contribution is 2.19. The van der Waals surface area contributed by atoms with Crippen LogP contribution in [0.15, 0.2) is 0 Å². The van der Waals surface area contributed by atoms with Gasteiger partial charge in [-0.3, -0.25) is 0 Å². The molecular formula is C14H30N2O2S. The third kappa shape index (κ3) is 7.28. The first kappa shape index (κ1) is 16.9. The van der Waals surface area contributed by atoms with E-state index in [4.69, 9.17) is 0 Å². The third-order valence-electron chi connectivity index (χ3n) is 3.74. The van der Waals surface area contributed by atoms with E-state index in [-0.39, 0.29) is 11.6 Å². The Morgan fingerprint density at radius 3 is 2.32 bits per heavy atom. The summed E-state index contributed by atoms with van der Waals surface area (Å²) in [4.78, 5) is 0. The van der Waals surface area contributed by atoms with Gasteiger partial charge in [0.2, 0.25) is 0 Å². The van der Waals surface area contributed by atoms with Gasteiger partial charge >= 0.3 is 0 Å². The average Bonchev–Trinajstić information content (AvgIpc) is 2.28. The molecule has 0 amide bonds. The molecule has 1 rings (SSSR count). The molecule has 0 aromatic carbocycles. The van der Waals surface area contributed by atoms with Crippen molar-refractivity contribution in [3.63, 3.8) is 0 Å². The number of rotatable bonds is 8. The second-order valence-electron chi connectivity index (χ2n) is 6.40. The molecule has 5 heteroatoms. The number of hydrogen-bond acceptors (Lipinski definition) is 2. The molecule has 0 aliphatic heterocycles.